The van der Waals surface area contributed by atoms with Gasteiger partial charge in [0.25, 0.3) is 0 Å². The highest BCUT2D eigenvalue weighted by Crippen LogP contribution is 2.35. The summed E-state index contributed by atoms with van der Waals surface area (Å²) in [6.45, 7) is 9.14. The lowest BCUT2D eigenvalue weighted by molar-refractivity contribution is 0.617. The van der Waals surface area contributed by atoms with Crippen molar-refractivity contribution in [3.05, 3.63) is 64.7 Å². The molecule has 3 aromatic rings. The van der Waals surface area contributed by atoms with E-state index >= 15 is 0 Å². The van der Waals surface area contributed by atoms with E-state index in [1.807, 2.05) is 43.3 Å². The van der Waals surface area contributed by atoms with Crippen LogP contribution in [0.15, 0.2) is 47.1 Å². The van der Waals surface area contributed by atoms with Crippen LogP contribution in [0.4, 0.5) is 5.69 Å². The van der Waals surface area contributed by atoms with Crippen LogP contribution < -0.4 is 0 Å². The number of hydrogen-bond donors (Lipinski definition) is 0. The molecule has 92 valence electrons. The maximum atomic E-state index is 7.18. The van der Waals surface area contributed by atoms with E-state index in [4.69, 9.17) is 22.6 Å². The third-order valence-electron chi connectivity index (χ3n) is 3.15. The Labute approximate surface area is 116 Å². The highest BCUT2D eigenvalue weighted by atomic mass is 35.5. The topological polar surface area (TPSA) is 17.5 Å². The predicted octanol–water partition coefficient (Wildman–Crippen LogP) is 5.61. The molecule has 0 fully saturated rings. The SMILES string of the molecule is [C-]#[N+]c1cc(-c2ccc(C)c(Cl)c2)c2occc2c1. The molecule has 0 aliphatic rings. The average molecular weight is 268 g/mol. The summed E-state index contributed by atoms with van der Waals surface area (Å²) >= 11 is 6.17. The van der Waals surface area contributed by atoms with Gasteiger partial charge in [-0.25, -0.2) is 4.85 Å². The number of fused-ring (bicyclic) bond motifs is 1. The van der Waals surface area contributed by atoms with Crippen LogP contribution in [0.3, 0.4) is 0 Å². The lowest BCUT2D eigenvalue weighted by atomic mass is 10.0. The lowest BCUT2D eigenvalue weighted by Crippen LogP contribution is -1.81. The maximum absolute atomic E-state index is 7.18. The molecule has 0 N–H and O–H groups in total. The van der Waals surface area contributed by atoms with E-state index in [9.17, 15) is 0 Å². The van der Waals surface area contributed by atoms with Gasteiger partial charge in [-0.2, -0.15) is 0 Å². The molecule has 0 bridgehead atoms. The van der Waals surface area contributed by atoms with E-state index in [2.05, 4.69) is 4.85 Å². The van der Waals surface area contributed by atoms with E-state index in [1.165, 1.54) is 0 Å². The summed E-state index contributed by atoms with van der Waals surface area (Å²) in [6.07, 6.45) is 1.64. The Kier molecular flexibility index (Phi) is 2.77. The zero-order valence-electron chi connectivity index (χ0n) is 10.3. The van der Waals surface area contributed by atoms with Crippen molar-refractivity contribution < 1.29 is 4.42 Å². The second kappa shape index (κ2) is 4.46. The van der Waals surface area contributed by atoms with Crippen LogP contribution >= 0.6 is 11.6 Å². The van der Waals surface area contributed by atoms with E-state index in [0.29, 0.717) is 10.7 Å². The molecule has 0 radical (unpaired) electrons. The number of benzene rings is 2. The summed E-state index contributed by atoms with van der Waals surface area (Å²) in [7, 11) is 0. The minimum atomic E-state index is 0.598. The van der Waals surface area contributed by atoms with Crippen molar-refractivity contribution in [1.82, 2.24) is 0 Å². The van der Waals surface area contributed by atoms with Crippen LogP contribution in [0.5, 0.6) is 0 Å². The van der Waals surface area contributed by atoms with Crippen molar-refractivity contribution >= 4 is 28.3 Å². The normalized spacial score (nSPS) is 10.6. The summed E-state index contributed by atoms with van der Waals surface area (Å²) in [5, 5.41) is 1.64. The van der Waals surface area contributed by atoms with Gasteiger partial charge in [0.1, 0.15) is 5.58 Å². The van der Waals surface area contributed by atoms with Gasteiger partial charge < -0.3 is 4.42 Å². The number of aryl methyl sites for hydroxylation is 1. The van der Waals surface area contributed by atoms with Crippen molar-refractivity contribution in [1.29, 1.82) is 0 Å². The molecule has 0 atom stereocenters. The van der Waals surface area contributed by atoms with Gasteiger partial charge in [0.05, 0.1) is 12.8 Å². The summed E-state index contributed by atoms with van der Waals surface area (Å²) in [5.74, 6) is 0. The molecule has 2 nitrogen and oxygen atoms in total. The fourth-order valence-corrected chi connectivity index (χ4v) is 2.29. The third-order valence-corrected chi connectivity index (χ3v) is 3.56. The molecule has 1 heterocycles. The monoisotopic (exact) mass is 267 g/mol. The quantitative estimate of drug-likeness (QED) is 0.524. The van der Waals surface area contributed by atoms with Gasteiger partial charge in [-0.05, 0) is 42.3 Å². The first kappa shape index (κ1) is 11.8. The molecule has 19 heavy (non-hydrogen) atoms. The van der Waals surface area contributed by atoms with Crippen molar-refractivity contribution in [3.63, 3.8) is 0 Å². The van der Waals surface area contributed by atoms with Gasteiger partial charge >= 0.3 is 0 Å². The molecule has 0 aliphatic heterocycles. The van der Waals surface area contributed by atoms with E-state index < -0.39 is 0 Å². The number of nitrogens with zero attached hydrogens (tertiary/aromatic N) is 1. The predicted molar refractivity (Wildman–Crippen MR) is 77.7 cm³/mol. The molecule has 0 amide bonds. The smallest absolute Gasteiger partial charge is 0.188 e. The van der Waals surface area contributed by atoms with E-state index in [0.717, 1.165) is 27.7 Å². The van der Waals surface area contributed by atoms with Gasteiger partial charge in [0.2, 0.25) is 0 Å². The Hall–Kier alpha value is -2.24. The summed E-state index contributed by atoms with van der Waals surface area (Å²) in [5.41, 5.74) is 4.27. The lowest BCUT2D eigenvalue weighted by Gasteiger charge is -2.06. The first-order chi connectivity index (χ1) is 9.19. The Morgan fingerprint density at radius 1 is 1.16 bits per heavy atom. The molecule has 0 saturated heterocycles. The molecule has 3 heteroatoms. The Balaban J connectivity index is 2.31. The van der Waals surface area contributed by atoms with Gasteiger partial charge in [0.15, 0.2) is 5.69 Å². The maximum Gasteiger partial charge on any atom is 0.188 e. The summed E-state index contributed by atoms with van der Waals surface area (Å²) in [6, 6.07) is 11.4. The molecule has 0 spiro atoms. The fourth-order valence-electron chi connectivity index (χ4n) is 2.11. The van der Waals surface area contributed by atoms with Crippen LogP contribution in [0.1, 0.15) is 5.56 Å². The molecule has 0 saturated carbocycles. The second-order valence-electron chi connectivity index (χ2n) is 4.41. The van der Waals surface area contributed by atoms with E-state index in [-0.39, 0.29) is 0 Å². The van der Waals surface area contributed by atoms with Crippen LogP contribution in [0.2, 0.25) is 5.02 Å². The second-order valence-corrected chi connectivity index (χ2v) is 4.82. The standard InChI is InChI=1S/C16H10ClNO/c1-10-3-4-11(8-15(10)17)14-9-13(18-2)7-12-5-6-19-16(12)14/h3-9H,1H3. The molecule has 2 aromatic carbocycles. The highest BCUT2D eigenvalue weighted by molar-refractivity contribution is 6.31. The molecule has 0 aliphatic carbocycles. The number of halogens is 1. The Morgan fingerprint density at radius 2 is 2.00 bits per heavy atom. The zero-order valence-corrected chi connectivity index (χ0v) is 11.0. The van der Waals surface area contributed by atoms with Crippen molar-refractivity contribution in [3.8, 4) is 11.1 Å². The van der Waals surface area contributed by atoms with Gasteiger partial charge in [0, 0.05) is 16.0 Å². The first-order valence-electron chi connectivity index (χ1n) is 5.84. The minimum absolute atomic E-state index is 0.598. The van der Waals surface area contributed by atoms with Crippen LogP contribution in [0.25, 0.3) is 26.9 Å². The summed E-state index contributed by atoms with van der Waals surface area (Å²) < 4.78 is 5.53. The molecular formula is C16H10ClNO. The molecule has 1 aromatic heterocycles. The fraction of sp³-hybridized carbons (Fsp3) is 0.0625. The average Bonchev–Trinajstić information content (AvgIpc) is 2.89. The number of rotatable bonds is 1. The van der Waals surface area contributed by atoms with Crippen LogP contribution in [0, 0.1) is 13.5 Å². The molecule has 0 unspecified atom stereocenters. The molecular weight excluding hydrogens is 258 g/mol. The zero-order chi connectivity index (χ0) is 13.4. The van der Waals surface area contributed by atoms with Crippen LogP contribution in [-0.4, -0.2) is 0 Å². The van der Waals surface area contributed by atoms with Gasteiger partial charge in [-0.1, -0.05) is 23.7 Å². The number of hydrogen-bond acceptors (Lipinski definition) is 1. The van der Waals surface area contributed by atoms with Gasteiger partial charge in [-0.3, -0.25) is 0 Å². The van der Waals surface area contributed by atoms with Crippen molar-refractivity contribution in [2.45, 2.75) is 6.92 Å². The van der Waals surface area contributed by atoms with Crippen molar-refractivity contribution in [2.75, 3.05) is 0 Å². The number of furan rings is 1. The Morgan fingerprint density at radius 3 is 2.74 bits per heavy atom. The van der Waals surface area contributed by atoms with Gasteiger partial charge in [-0.15, -0.1) is 0 Å². The van der Waals surface area contributed by atoms with Crippen LogP contribution in [-0.2, 0) is 0 Å². The minimum Gasteiger partial charge on any atom is -0.464 e. The van der Waals surface area contributed by atoms with E-state index in [1.54, 1.807) is 6.26 Å². The van der Waals surface area contributed by atoms with Crippen molar-refractivity contribution in [2.24, 2.45) is 0 Å². The third kappa shape index (κ3) is 1.99. The first-order valence-corrected chi connectivity index (χ1v) is 6.22. The Bertz CT molecular complexity index is 811. The molecule has 3 rings (SSSR count). The summed E-state index contributed by atoms with van der Waals surface area (Å²) in [4.78, 5) is 3.50. The largest absolute Gasteiger partial charge is 0.464 e. The highest BCUT2D eigenvalue weighted by Gasteiger charge is 2.10.